The Balaban J connectivity index is 1.55. The summed E-state index contributed by atoms with van der Waals surface area (Å²) in [5.41, 5.74) is 3.75. The van der Waals surface area contributed by atoms with Crippen LogP contribution >= 0.6 is 11.6 Å². The number of pyridine rings is 1. The zero-order valence-electron chi connectivity index (χ0n) is 18.0. The summed E-state index contributed by atoms with van der Waals surface area (Å²) in [5.74, 6) is 0.571. The third kappa shape index (κ3) is 4.70. The highest BCUT2D eigenvalue weighted by Gasteiger charge is 2.21. The zero-order chi connectivity index (χ0) is 22.5. The van der Waals surface area contributed by atoms with Crippen LogP contribution in [0.1, 0.15) is 35.3 Å². The van der Waals surface area contributed by atoms with Gasteiger partial charge in [-0.2, -0.15) is 0 Å². The van der Waals surface area contributed by atoms with E-state index in [1.807, 2.05) is 74.5 Å². The number of aromatic nitrogens is 3. The molecular formula is C25H23ClN4O2. The molecule has 0 aliphatic heterocycles. The van der Waals surface area contributed by atoms with Gasteiger partial charge in [-0.3, -0.25) is 9.78 Å². The molecule has 0 unspecified atom stereocenters. The molecule has 162 valence electrons. The Morgan fingerprint density at radius 2 is 1.75 bits per heavy atom. The summed E-state index contributed by atoms with van der Waals surface area (Å²) >= 11 is 6.23. The van der Waals surface area contributed by atoms with Crippen molar-refractivity contribution >= 4 is 17.5 Å². The molecule has 0 aliphatic carbocycles. The molecule has 0 aliphatic rings. The minimum Gasteiger partial charge on any atom is -0.419 e. The maximum absolute atomic E-state index is 13.3. The van der Waals surface area contributed by atoms with E-state index in [0.717, 1.165) is 17.7 Å². The molecule has 0 fully saturated rings. The molecule has 0 N–H and O–H groups in total. The zero-order valence-corrected chi connectivity index (χ0v) is 18.7. The second-order valence-electron chi connectivity index (χ2n) is 7.40. The molecule has 7 heteroatoms. The molecular weight excluding hydrogens is 424 g/mol. The summed E-state index contributed by atoms with van der Waals surface area (Å²) in [6, 6.07) is 20.9. The smallest absolute Gasteiger partial charge is 0.256 e. The van der Waals surface area contributed by atoms with Crippen LogP contribution in [0.2, 0.25) is 5.02 Å². The average Bonchev–Trinajstić information content (AvgIpc) is 3.27. The van der Waals surface area contributed by atoms with Crippen LogP contribution in [-0.4, -0.2) is 32.5 Å². The van der Waals surface area contributed by atoms with Gasteiger partial charge in [-0.05, 0) is 37.6 Å². The Labute approximate surface area is 191 Å². The van der Waals surface area contributed by atoms with Crippen LogP contribution in [-0.2, 0) is 6.54 Å². The number of rotatable bonds is 7. The predicted octanol–water partition coefficient (Wildman–Crippen LogP) is 5.81. The average molecular weight is 447 g/mol. The van der Waals surface area contributed by atoms with Gasteiger partial charge in [0.2, 0.25) is 11.8 Å². The van der Waals surface area contributed by atoms with Crippen LogP contribution in [0.4, 0.5) is 0 Å². The first-order valence-corrected chi connectivity index (χ1v) is 10.8. The number of carbonyl (C=O) groups is 1. The summed E-state index contributed by atoms with van der Waals surface area (Å²) in [4.78, 5) is 19.7. The third-order valence-electron chi connectivity index (χ3n) is 5.06. The largest absolute Gasteiger partial charge is 0.419 e. The first kappa shape index (κ1) is 21.7. The van der Waals surface area contributed by atoms with Crippen molar-refractivity contribution in [3.63, 3.8) is 0 Å². The van der Waals surface area contributed by atoms with Gasteiger partial charge in [-0.1, -0.05) is 61.0 Å². The molecule has 6 nitrogen and oxygen atoms in total. The first-order chi connectivity index (χ1) is 15.6. The number of amides is 1. The Morgan fingerprint density at radius 1 is 1.00 bits per heavy atom. The van der Waals surface area contributed by atoms with E-state index in [1.54, 1.807) is 11.0 Å². The van der Waals surface area contributed by atoms with Crippen LogP contribution < -0.4 is 0 Å². The number of halogens is 1. The van der Waals surface area contributed by atoms with Gasteiger partial charge in [0.1, 0.15) is 0 Å². The van der Waals surface area contributed by atoms with E-state index in [-0.39, 0.29) is 12.5 Å². The van der Waals surface area contributed by atoms with Crippen molar-refractivity contribution in [2.24, 2.45) is 0 Å². The van der Waals surface area contributed by atoms with Crippen molar-refractivity contribution in [3.05, 3.63) is 88.9 Å². The minimum atomic E-state index is -0.117. The van der Waals surface area contributed by atoms with Crippen molar-refractivity contribution in [1.82, 2.24) is 20.1 Å². The minimum absolute atomic E-state index is 0.117. The summed E-state index contributed by atoms with van der Waals surface area (Å²) in [6.07, 6.45) is 0.797. The van der Waals surface area contributed by atoms with Crippen LogP contribution in [0.3, 0.4) is 0 Å². The maximum atomic E-state index is 13.3. The number of hydrogen-bond acceptors (Lipinski definition) is 5. The molecule has 0 radical (unpaired) electrons. The van der Waals surface area contributed by atoms with Crippen LogP contribution in [0.25, 0.3) is 22.7 Å². The third-order valence-corrected chi connectivity index (χ3v) is 5.39. The molecule has 0 spiro atoms. The highest BCUT2D eigenvalue weighted by Crippen LogP contribution is 2.27. The van der Waals surface area contributed by atoms with Gasteiger partial charge in [0, 0.05) is 12.1 Å². The molecule has 2 heterocycles. The standard InChI is InChI=1S/C25H23ClN4O2/c1-3-15-30(16-23-28-29-24(32-23)20-11-7-8-12-21(20)26)25(31)19-13-14-22(27-17(19)2)18-9-5-4-6-10-18/h4-14H,3,15-16H2,1-2H3. The highest BCUT2D eigenvalue weighted by atomic mass is 35.5. The van der Waals surface area contributed by atoms with Gasteiger partial charge in [0.15, 0.2) is 0 Å². The molecule has 2 aromatic heterocycles. The first-order valence-electron chi connectivity index (χ1n) is 10.5. The van der Waals surface area contributed by atoms with Gasteiger partial charge >= 0.3 is 0 Å². The number of benzene rings is 2. The SMILES string of the molecule is CCCN(Cc1nnc(-c2ccccc2Cl)o1)C(=O)c1ccc(-c2ccccc2)nc1C. The Kier molecular flexibility index (Phi) is 6.61. The molecule has 0 saturated carbocycles. The molecule has 4 aromatic rings. The van der Waals surface area contributed by atoms with E-state index in [9.17, 15) is 4.79 Å². The van der Waals surface area contributed by atoms with E-state index in [1.165, 1.54) is 0 Å². The van der Waals surface area contributed by atoms with Crippen molar-refractivity contribution < 1.29 is 9.21 Å². The highest BCUT2D eigenvalue weighted by molar-refractivity contribution is 6.33. The van der Waals surface area contributed by atoms with E-state index < -0.39 is 0 Å². The fourth-order valence-corrected chi connectivity index (χ4v) is 3.69. The van der Waals surface area contributed by atoms with Crippen molar-refractivity contribution in [1.29, 1.82) is 0 Å². The fraction of sp³-hybridized carbons (Fsp3) is 0.200. The van der Waals surface area contributed by atoms with Crippen molar-refractivity contribution in [2.45, 2.75) is 26.8 Å². The van der Waals surface area contributed by atoms with Gasteiger partial charge in [-0.15, -0.1) is 10.2 Å². The van der Waals surface area contributed by atoms with Crippen LogP contribution in [0, 0.1) is 6.92 Å². The topological polar surface area (TPSA) is 72.1 Å². The maximum Gasteiger partial charge on any atom is 0.256 e. The Hall–Kier alpha value is -3.51. The molecule has 1 amide bonds. The fourth-order valence-electron chi connectivity index (χ4n) is 3.47. The van der Waals surface area contributed by atoms with Crippen LogP contribution in [0.15, 0.2) is 71.1 Å². The van der Waals surface area contributed by atoms with Gasteiger partial charge in [0.05, 0.1) is 34.1 Å². The van der Waals surface area contributed by atoms with Gasteiger partial charge in [-0.25, -0.2) is 0 Å². The van der Waals surface area contributed by atoms with Crippen LogP contribution in [0.5, 0.6) is 0 Å². The monoisotopic (exact) mass is 446 g/mol. The summed E-state index contributed by atoms with van der Waals surface area (Å²) in [6.45, 7) is 4.64. The molecule has 4 rings (SSSR count). The molecule has 0 saturated heterocycles. The van der Waals surface area contributed by atoms with Crippen molar-refractivity contribution in [2.75, 3.05) is 6.54 Å². The lowest BCUT2D eigenvalue weighted by molar-refractivity contribution is 0.0727. The van der Waals surface area contributed by atoms with E-state index in [2.05, 4.69) is 15.2 Å². The second kappa shape index (κ2) is 9.75. The van der Waals surface area contributed by atoms with E-state index >= 15 is 0 Å². The number of carbonyl (C=O) groups excluding carboxylic acids is 1. The van der Waals surface area contributed by atoms with E-state index in [0.29, 0.717) is 40.2 Å². The molecule has 2 aromatic carbocycles. The summed E-state index contributed by atoms with van der Waals surface area (Å²) in [7, 11) is 0. The molecule has 32 heavy (non-hydrogen) atoms. The summed E-state index contributed by atoms with van der Waals surface area (Å²) in [5, 5.41) is 8.76. The van der Waals surface area contributed by atoms with Gasteiger partial charge < -0.3 is 9.32 Å². The Morgan fingerprint density at radius 3 is 2.47 bits per heavy atom. The second-order valence-corrected chi connectivity index (χ2v) is 7.81. The number of nitrogens with zero attached hydrogens (tertiary/aromatic N) is 4. The van der Waals surface area contributed by atoms with E-state index in [4.69, 9.17) is 16.0 Å². The quantitative estimate of drug-likeness (QED) is 0.358. The summed E-state index contributed by atoms with van der Waals surface area (Å²) < 4.78 is 5.80. The molecule has 0 bridgehead atoms. The lowest BCUT2D eigenvalue weighted by Crippen LogP contribution is -2.32. The normalized spacial score (nSPS) is 10.8. The Bertz CT molecular complexity index is 1220. The number of aryl methyl sites for hydroxylation is 1. The van der Waals surface area contributed by atoms with Crippen molar-refractivity contribution in [3.8, 4) is 22.7 Å². The lowest BCUT2D eigenvalue weighted by atomic mass is 10.1. The lowest BCUT2D eigenvalue weighted by Gasteiger charge is -2.21. The van der Waals surface area contributed by atoms with Gasteiger partial charge in [0.25, 0.3) is 5.91 Å². The number of hydrogen-bond donors (Lipinski definition) is 0. The molecule has 0 atom stereocenters. The predicted molar refractivity (Wildman–Crippen MR) is 124 cm³/mol.